The number of hydrogen-bond acceptors (Lipinski definition) is 3. The highest BCUT2D eigenvalue weighted by Crippen LogP contribution is 2.01. The Balaban J connectivity index is 3.80. The third kappa shape index (κ3) is 5.16. The van der Waals surface area contributed by atoms with Gasteiger partial charge in [0, 0.05) is 12.3 Å². The molecule has 4 heteroatoms. The minimum atomic E-state index is -0.451. The number of thioether (sulfide) groups is 1. The molecule has 0 spiro atoms. The Labute approximate surface area is 85.0 Å². The number of hydrogen-bond donors (Lipinski definition) is 2. The minimum absolute atomic E-state index is 0.0726. The van der Waals surface area contributed by atoms with E-state index in [0.717, 1.165) is 18.8 Å². The lowest BCUT2D eigenvalue weighted by Gasteiger charge is -2.24. The van der Waals surface area contributed by atoms with Gasteiger partial charge in [-0.1, -0.05) is 6.92 Å². The van der Waals surface area contributed by atoms with Crippen molar-refractivity contribution in [3.05, 3.63) is 0 Å². The molecule has 0 saturated carbocycles. The highest BCUT2D eigenvalue weighted by atomic mass is 32.2. The van der Waals surface area contributed by atoms with Gasteiger partial charge in [0.1, 0.15) is 0 Å². The van der Waals surface area contributed by atoms with E-state index < -0.39 is 5.54 Å². The van der Waals surface area contributed by atoms with Crippen LogP contribution >= 0.6 is 11.8 Å². The predicted molar refractivity (Wildman–Crippen MR) is 59.1 cm³/mol. The first-order chi connectivity index (χ1) is 6.04. The van der Waals surface area contributed by atoms with E-state index in [4.69, 9.17) is 0 Å². The van der Waals surface area contributed by atoms with Crippen molar-refractivity contribution in [1.82, 2.24) is 10.6 Å². The van der Waals surface area contributed by atoms with Crippen LogP contribution in [0.4, 0.5) is 0 Å². The Bertz CT molecular complexity index is 160. The SMILES string of the molecule is CCNC(C)(C)C(=O)NCCSC. The Morgan fingerprint density at radius 2 is 2.08 bits per heavy atom. The van der Waals surface area contributed by atoms with Crippen LogP contribution in [0.3, 0.4) is 0 Å². The van der Waals surface area contributed by atoms with Gasteiger partial charge < -0.3 is 10.6 Å². The number of carbonyl (C=O) groups is 1. The monoisotopic (exact) mass is 204 g/mol. The van der Waals surface area contributed by atoms with E-state index in [1.807, 2.05) is 27.0 Å². The lowest BCUT2D eigenvalue weighted by atomic mass is 10.1. The molecule has 0 aliphatic carbocycles. The van der Waals surface area contributed by atoms with Gasteiger partial charge in [0.15, 0.2) is 0 Å². The second-order valence-corrected chi connectivity index (χ2v) is 4.39. The van der Waals surface area contributed by atoms with Crippen molar-refractivity contribution in [2.45, 2.75) is 26.3 Å². The smallest absolute Gasteiger partial charge is 0.239 e. The molecule has 0 atom stereocenters. The molecule has 0 aromatic heterocycles. The van der Waals surface area contributed by atoms with Crippen molar-refractivity contribution < 1.29 is 4.79 Å². The van der Waals surface area contributed by atoms with Crippen LogP contribution in [-0.2, 0) is 4.79 Å². The summed E-state index contributed by atoms with van der Waals surface area (Å²) in [6.45, 7) is 7.34. The molecule has 0 aliphatic rings. The van der Waals surface area contributed by atoms with Crippen molar-refractivity contribution in [2.24, 2.45) is 0 Å². The van der Waals surface area contributed by atoms with Gasteiger partial charge in [-0.3, -0.25) is 4.79 Å². The van der Waals surface area contributed by atoms with E-state index in [1.165, 1.54) is 0 Å². The van der Waals surface area contributed by atoms with Crippen molar-refractivity contribution in [3.8, 4) is 0 Å². The summed E-state index contributed by atoms with van der Waals surface area (Å²) in [5.74, 6) is 1.04. The van der Waals surface area contributed by atoms with Crippen LogP contribution in [0.1, 0.15) is 20.8 Å². The first kappa shape index (κ1) is 12.8. The van der Waals surface area contributed by atoms with Gasteiger partial charge in [-0.2, -0.15) is 11.8 Å². The summed E-state index contributed by atoms with van der Waals surface area (Å²) in [6, 6.07) is 0. The fourth-order valence-corrected chi connectivity index (χ4v) is 1.32. The van der Waals surface area contributed by atoms with Gasteiger partial charge >= 0.3 is 0 Å². The van der Waals surface area contributed by atoms with Gasteiger partial charge in [0.2, 0.25) is 5.91 Å². The maximum absolute atomic E-state index is 11.5. The molecule has 3 nitrogen and oxygen atoms in total. The van der Waals surface area contributed by atoms with Gasteiger partial charge in [0.05, 0.1) is 5.54 Å². The molecule has 2 N–H and O–H groups in total. The first-order valence-electron chi connectivity index (χ1n) is 4.57. The molecule has 0 aromatic carbocycles. The van der Waals surface area contributed by atoms with E-state index in [-0.39, 0.29) is 5.91 Å². The van der Waals surface area contributed by atoms with Gasteiger partial charge in [-0.25, -0.2) is 0 Å². The lowest BCUT2D eigenvalue weighted by Crippen LogP contribution is -2.52. The molecule has 0 bridgehead atoms. The van der Waals surface area contributed by atoms with Crippen LogP contribution in [0.25, 0.3) is 0 Å². The topological polar surface area (TPSA) is 41.1 Å². The maximum Gasteiger partial charge on any atom is 0.239 e. The number of nitrogens with one attached hydrogen (secondary N) is 2. The van der Waals surface area contributed by atoms with Crippen LogP contribution in [0, 0.1) is 0 Å². The van der Waals surface area contributed by atoms with Crippen molar-refractivity contribution in [2.75, 3.05) is 25.1 Å². The van der Waals surface area contributed by atoms with Crippen LogP contribution in [0.15, 0.2) is 0 Å². The van der Waals surface area contributed by atoms with Gasteiger partial charge in [0.25, 0.3) is 0 Å². The second-order valence-electron chi connectivity index (χ2n) is 3.40. The van der Waals surface area contributed by atoms with Crippen LogP contribution in [0.5, 0.6) is 0 Å². The molecule has 0 heterocycles. The molecule has 1 amide bonds. The number of likely N-dealkylation sites (N-methyl/N-ethyl adjacent to an activating group) is 1. The predicted octanol–water partition coefficient (Wildman–Crippen LogP) is 0.854. The summed E-state index contributed by atoms with van der Waals surface area (Å²) in [7, 11) is 0. The molecular formula is C9H20N2OS. The molecule has 0 saturated heterocycles. The highest BCUT2D eigenvalue weighted by molar-refractivity contribution is 7.98. The molecule has 13 heavy (non-hydrogen) atoms. The van der Waals surface area contributed by atoms with Crippen molar-refractivity contribution >= 4 is 17.7 Å². The molecule has 0 aliphatic heterocycles. The van der Waals surface area contributed by atoms with E-state index in [2.05, 4.69) is 10.6 Å². The molecule has 0 rings (SSSR count). The Kier molecular flexibility index (Phi) is 6.16. The van der Waals surface area contributed by atoms with Crippen LogP contribution in [-0.4, -0.2) is 36.5 Å². The number of amides is 1. The quantitative estimate of drug-likeness (QED) is 0.630. The molecule has 78 valence electrons. The van der Waals surface area contributed by atoms with Crippen molar-refractivity contribution in [1.29, 1.82) is 0 Å². The van der Waals surface area contributed by atoms with Crippen LogP contribution in [0.2, 0.25) is 0 Å². The average Bonchev–Trinajstić information content (AvgIpc) is 2.04. The fourth-order valence-electron chi connectivity index (χ4n) is 1.01. The zero-order valence-corrected chi connectivity index (χ0v) is 9.75. The highest BCUT2D eigenvalue weighted by Gasteiger charge is 2.25. The Morgan fingerprint density at radius 3 is 2.54 bits per heavy atom. The summed E-state index contributed by atoms with van der Waals surface area (Å²) >= 11 is 1.73. The average molecular weight is 204 g/mol. The number of rotatable bonds is 6. The summed E-state index contributed by atoms with van der Waals surface area (Å²) in [5.41, 5.74) is -0.451. The van der Waals surface area contributed by atoms with E-state index in [1.54, 1.807) is 11.8 Å². The van der Waals surface area contributed by atoms with Gasteiger partial charge in [-0.15, -0.1) is 0 Å². The molecular weight excluding hydrogens is 184 g/mol. The van der Waals surface area contributed by atoms with Crippen LogP contribution < -0.4 is 10.6 Å². The van der Waals surface area contributed by atoms with E-state index >= 15 is 0 Å². The fraction of sp³-hybridized carbons (Fsp3) is 0.889. The zero-order valence-electron chi connectivity index (χ0n) is 8.94. The van der Waals surface area contributed by atoms with E-state index in [9.17, 15) is 4.79 Å². The largest absolute Gasteiger partial charge is 0.354 e. The summed E-state index contributed by atoms with van der Waals surface area (Å²) < 4.78 is 0. The molecule has 0 radical (unpaired) electrons. The third-order valence-corrected chi connectivity index (χ3v) is 2.39. The van der Waals surface area contributed by atoms with Crippen molar-refractivity contribution in [3.63, 3.8) is 0 Å². The summed E-state index contributed by atoms with van der Waals surface area (Å²) in [6.07, 6.45) is 2.03. The Hall–Kier alpha value is -0.220. The van der Waals surface area contributed by atoms with E-state index in [0.29, 0.717) is 0 Å². The molecule has 0 unspecified atom stereocenters. The zero-order chi connectivity index (χ0) is 10.3. The summed E-state index contributed by atoms with van der Waals surface area (Å²) in [4.78, 5) is 11.5. The molecule has 0 aromatic rings. The Morgan fingerprint density at radius 1 is 1.46 bits per heavy atom. The first-order valence-corrected chi connectivity index (χ1v) is 5.96. The lowest BCUT2D eigenvalue weighted by molar-refractivity contribution is -0.126. The standard InChI is InChI=1S/C9H20N2OS/c1-5-11-9(2,3)8(12)10-6-7-13-4/h11H,5-7H2,1-4H3,(H,10,12). The van der Waals surface area contributed by atoms with Gasteiger partial charge in [-0.05, 0) is 26.6 Å². The second kappa shape index (κ2) is 6.27. The normalized spacial score (nSPS) is 11.4. The maximum atomic E-state index is 11.5. The minimum Gasteiger partial charge on any atom is -0.354 e. The third-order valence-electron chi connectivity index (χ3n) is 1.78. The number of carbonyl (C=O) groups excluding carboxylic acids is 1. The molecule has 0 fully saturated rings. The summed E-state index contributed by atoms with van der Waals surface area (Å²) in [5, 5.41) is 6.02.